The van der Waals surface area contributed by atoms with Gasteiger partial charge in [-0.1, -0.05) is 18.2 Å². The maximum absolute atomic E-state index is 12.0. The lowest BCUT2D eigenvalue weighted by Gasteiger charge is -2.31. The molecule has 21 heavy (non-hydrogen) atoms. The van der Waals surface area contributed by atoms with Crippen LogP contribution in [0, 0.1) is 0 Å². The third kappa shape index (κ3) is 4.72. The van der Waals surface area contributed by atoms with Gasteiger partial charge in [0.1, 0.15) is 5.75 Å². The van der Waals surface area contributed by atoms with Gasteiger partial charge in [0.15, 0.2) is 0 Å². The third-order valence-electron chi connectivity index (χ3n) is 4.03. The molecule has 0 bridgehead atoms. The number of para-hydroxylation sites is 1. The minimum absolute atomic E-state index is 0.0730. The van der Waals surface area contributed by atoms with Crippen molar-refractivity contribution in [3.63, 3.8) is 0 Å². The van der Waals surface area contributed by atoms with Gasteiger partial charge in [-0.2, -0.15) is 0 Å². The number of nitrogens with zero attached hydrogens (tertiary/aromatic N) is 1. The average molecular weight is 291 g/mol. The Balaban J connectivity index is 1.75. The predicted molar refractivity (Wildman–Crippen MR) is 83.4 cm³/mol. The Morgan fingerprint density at radius 2 is 2.05 bits per heavy atom. The number of methoxy groups -OCH3 is 1. The lowest BCUT2D eigenvalue weighted by Crippen LogP contribution is -2.45. The number of carbonyl (C=O) groups excluding carboxylic acids is 1. The number of benzene rings is 1. The van der Waals surface area contributed by atoms with Gasteiger partial charge in [0.05, 0.1) is 13.7 Å². The van der Waals surface area contributed by atoms with E-state index < -0.39 is 0 Å². The van der Waals surface area contributed by atoms with Crippen molar-refractivity contribution in [2.75, 3.05) is 33.8 Å². The van der Waals surface area contributed by atoms with E-state index in [0.717, 1.165) is 37.2 Å². The summed E-state index contributed by atoms with van der Waals surface area (Å²) in [6.07, 6.45) is 2.21. The molecule has 1 aliphatic heterocycles. The fraction of sp³-hybridized carbons (Fsp3) is 0.562. The molecular weight excluding hydrogens is 266 g/mol. The van der Waals surface area contributed by atoms with Crippen molar-refractivity contribution >= 4 is 5.91 Å². The van der Waals surface area contributed by atoms with Crippen LogP contribution < -0.4 is 15.4 Å². The van der Waals surface area contributed by atoms with Crippen LogP contribution in [0.3, 0.4) is 0 Å². The molecule has 0 radical (unpaired) electrons. The van der Waals surface area contributed by atoms with E-state index in [-0.39, 0.29) is 5.91 Å². The Morgan fingerprint density at radius 1 is 1.33 bits per heavy atom. The molecule has 0 saturated carbocycles. The molecule has 5 heteroatoms. The van der Waals surface area contributed by atoms with E-state index in [0.29, 0.717) is 19.1 Å². The zero-order chi connectivity index (χ0) is 15.1. The summed E-state index contributed by atoms with van der Waals surface area (Å²) in [5.74, 6) is 0.886. The SMILES string of the molecule is CNC1CCN(CC(=O)NCc2ccccc2OC)CC1. The van der Waals surface area contributed by atoms with Crippen LogP contribution in [0.1, 0.15) is 18.4 Å². The molecule has 0 unspecified atom stereocenters. The standard InChI is InChI=1S/C16H25N3O2/c1-17-14-7-9-19(10-8-14)12-16(20)18-11-13-5-3-4-6-15(13)21-2/h3-6,14,17H,7-12H2,1-2H3,(H,18,20). The van der Waals surface area contributed by atoms with Crippen molar-refractivity contribution in [1.29, 1.82) is 0 Å². The quantitative estimate of drug-likeness (QED) is 0.821. The van der Waals surface area contributed by atoms with Crippen LogP contribution in [0.5, 0.6) is 5.75 Å². The van der Waals surface area contributed by atoms with Crippen molar-refractivity contribution in [2.45, 2.75) is 25.4 Å². The highest BCUT2D eigenvalue weighted by Gasteiger charge is 2.19. The molecular formula is C16H25N3O2. The molecule has 1 aromatic rings. The maximum Gasteiger partial charge on any atom is 0.234 e. The number of hydrogen-bond acceptors (Lipinski definition) is 4. The van der Waals surface area contributed by atoms with Crippen LogP contribution >= 0.6 is 0 Å². The van der Waals surface area contributed by atoms with E-state index in [1.807, 2.05) is 31.3 Å². The number of piperidine rings is 1. The van der Waals surface area contributed by atoms with Gasteiger partial charge in [-0.25, -0.2) is 0 Å². The van der Waals surface area contributed by atoms with Crippen molar-refractivity contribution in [3.05, 3.63) is 29.8 Å². The Kier molecular flexibility index (Phi) is 6.02. The first-order chi connectivity index (χ1) is 10.2. The second-order valence-corrected chi connectivity index (χ2v) is 5.43. The Labute approximate surface area is 126 Å². The van der Waals surface area contributed by atoms with Crippen LogP contribution in [-0.4, -0.2) is 50.6 Å². The van der Waals surface area contributed by atoms with Gasteiger partial charge in [-0.3, -0.25) is 9.69 Å². The minimum Gasteiger partial charge on any atom is -0.496 e. The molecule has 2 rings (SSSR count). The summed E-state index contributed by atoms with van der Waals surface area (Å²) in [6, 6.07) is 8.35. The van der Waals surface area contributed by atoms with Gasteiger partial charge < -0.3 is 15.4 Å². The molecule has 0 aromatic heterocycles. The molecule has 2 N–H and O–H groups in total. The van der Waals surface area contributed by atoms with Crippen molar-refractivity contribution < 1.29 is 9.53 Å². The third-order valence-corrected chi connectivity index (χ3v) is 4.03. The normalized spacial score (nSPS) is 16.7. The van der Waals surface area contributed by atoms with Crippen LogP contribution in [0.15, 0.2) is 24.3 Å². The summed E-state index contributed by atoms with van der Waals surface area (Å²) in [4.78, 5) is 14.2. The number of rotatable bonds is 6. The number of ether oxygens (including phenoxy) is 1. The topological polar surface area (TPSA) is 53.6 Å². The van der Waals surface area contributed by atoms with Crippen molar-refractivity contribution in [3.8, 4) is 5.75 Å². The van der Waals surface area contributed by atoms with Gasteiger partial charge >= 0.3 is 0 Å². The van der Waals surface area contributed by atoms with E-state index in [1.165, 1.54) is 0 Å². The number of hydrogen-bond donors (Lipinski definition) is 2. The molecule has 1 aliphatic rings. The smallest absolute Gasteiger partial charge is 0.234 e. The molecule has 5 nitrogen and oxygen atoms in total. The highest BCUT2D eigenvalue weighted by molar-refractivity contribution is 5.78. The monoisotopic (exact) mass is 291 g/mol. The summed E-state index contributed by atoms with van der Waals surface area (Å²) in [7, 11) is 3.65. The van der Waals surface area contributed by atoms with E-state index in [9.17, 15) is 4.79 Å². The predicted octanol–water partition coefficient (Wildman–Crippen LogP) is 0.995. The molecule has 116 valence electrons. The number of carbonyl (C=O) groups is 1. The lowest BCUT2D eigenvalue weighted by molar-refractivity contribution is -0.122. The van der Waals surface area contributed by atoms with Gasteiger partial charge in [0, 0.05) is 31.2 Å². The summed E-state index contributed by atoms with van der Waals surface area (Å²) < 4.78 is 5.28. The molecule has 1 aromatic carbocycles. The first kappa shape index (κ1) is 15.8. The van der Waals surface area contributed by atoms with Crippen molar-refractivity contribution in [1.82, 2.24) is 15.5 Å². The Hall–Kier alpha value is -1.59. The number of nitrogens with one attached hydrogen (secondary N) is 2. The lowest BCUT2D eigenvalue weighted by atomic mass is 10.1. The molecule has 1 amide bonds. The minimum atomic E-state index is 0.0730. The Bertz CT molecular complexity index is 457. The van der Waals surface area contributed by atoms with Crippen LogP contribution in [0.25, 0.3) is 0 Å². The van der Waals surface area contributed by atoms with Crippen LogP contribution in [-0.2, 0) is 11.3 Å². The van der Waals surface area contributed by atoms with Crippen molar-refractivity contribution in [2.24, 2.45) is 0 Å². The van der Waals surface area contributed by atoms with Gasteiger partial charge in [-0.15, -0.1) is 0 Å². The molecule has 1 saturated heterocycles. The molecule has 1 fully saturated rings. The van der Waals surface area contributed by atoms with Crippen LogP contribution in [0.4, 0.5) is 0 Å². The van der Waals surface area contributed by atoms with Crippen LogP contribution in [0.2, 0.25) is 0 Å². The number of likely N-dealkylation sites (tertiary alicyclic amines) is 1. The average Bonchev–Trinajstić information content (AvgIpc) is 2.54. The second-order valence-electron chi connectivity index (χ2n) is 5.43. The first-order valence-electron chi connectivity index (χ1n) is 7.51. The van der Waals surface area contributed by atoms with E-state index in [2.05, 4.69) is 15.5 Å². The molecule has 0 atom stereocenters. The van der Waals surface area contributed by atoms with Gasteiger partial charge in [0.2, 0.25) is 5.91 Å². The van der Waals surface area contributed by atoms with E-state index in [1.54, 1.807) is 7.11 Å². The second kappa shape index (κ2) is 8.00. The molecule has 0 aliphatic carbocycles. The summed E-state index contributed by atoms with van der Waals surface area (Å²) >= 11 is 0. The van der Waals surface area contributed by atoms with Gasteiger partial charge in [-0.05, 0) is 26.0 Å². The van der Waals surface area contributed by atoms with Gasteiger partial charge in [0.25, 0.3) is 0 Å². The maximum atomic E-state index is 12.0. The number of amides is 1. The highest BCUT2D eigenvalue weighted by atomic mass is 16.5. The Morgan fingerprint density at radius 3 is 2.71 bits per heavy atom. The molecule has 0 spiro atoms. The highest BCUT2D eigenvalue weighted by Crippen LogP contribution is 2.16. The first-order valence-corrected chi connectivity index (χ1v) is 7.51. The summed E-state index contributed by atoms with van der Waals surface area (Å²) in [5.41, 5.74) is 1.00. The fourth-order valence-corrected chi connectivity index (χ4v) is 2.68. The largest absolute Gasteiger partial charge is 0.496 e. The van der Waals surface area contributed by atoms with E-state index in [4.69, 9.17) is 4.74 Å². The zero-order valence-electron chi connectivity index (χ0n) is 12.9. The zero-order valence-corrected chi connectivity index (χ0v) is 12.9. The molecule has 1 heterocycles. The fourth-order valence-electron chi connectivity index (χ4n) is 2.68. The van der Waals surface area contributed by atoms with E-state index >= 15 is 0 Å². The summed E-state index contributed by atoms with van der Waals surface area (Å²) in [5, 5.41) is 6.27. The summed E-state index contributed by atoms with van der Waals surface area (Å²) in [6.45, 7) is 2.95.